The summed E-state index contributed by atoms with van der Waals surface area (Å²) in [5.74, 6) is 0. The molecule has 2 heteroatoms. The second-order valence-corrected chi connectivity index (χ2v) is 5.79. The quantitative estimate of drug-likeness (QED) is 0.834. The molecule has 0 aromatic heterocycles. The van der Waals surface area contributed by atoms with Crippen molar-refractivity contribution >= 4 is 15.9 Å². The average molecular weight is 302 g/mol. The largest absolute Gasteiger partial charge is 0.306 e. The normalized spacial score (nSPS) is 18.4. The van der Waals surface area contributed by atoms with Gasteiger partial charge in [0.05, 0.1) is 0 Å². The summed E-state index contributed by atoms with van der Waals surface area (Å²) in [7, 11) is 0. The fraction of sp³-hybridized carbons (Fsp3) is 0.250. The van der Waals surface area contributed by atoms with E-state index in [0.717, 1.165) is 13.0 Å². The summed E-state index contributed by atoms with van der Waals surface area (Å²) in [5.41, 5.74) is 5.57. The zero-order valence-electron chi connectivity index (χ0n) is 10.4. The summed E-state index contributed by atoms with van der Waals surface area (Å²) in [5, 5.41) is 3.63. The smallest absolute Gasteiger partial charge is 0.0364 e. The van der Waals surface area contributed by atoms with E-state index in [4.69, 9.17) is 0 Å². The lowest BCUT2D eigenvalue weighted by Crippen LogP contribution is -2.28. The van der Waals surface area contributed by atoms with Crippen LogP contribution in [0.2, 0.25) is 0 Å². The molecular weight excluding hydrogens is 286 g/mol. The van der Waals surface area contributed by atoms with Crippen LogP contribution in [0.4, 0.5) is 0 Å². The van der Waals surface area contributed by atoms with E-state index < -0.39 is 0 Å². The summed E-state index contributed by atoms with van der Waals surface area (Å²) in [4.78, 5) is 0. The molecule has 2 aromatic rings. The van der Waals surface area contributed by atoms with E-state index in [9.17, 15) is 0 Å². The molecule has 1 heterocycles. The number of hydrogen-bond donors (Lipinski definition) is 1. The van der Waals surface area contributed by atoms with Crippen LogP contribution >= 0.6 is 15.9 Å². The molecule has 1 atom stereocenters. The minimum absolute atomic E-state index is 0.428. The molecule has 0 spiro atoms. The summed E-state index contributed by atoms with van der Waals surface area (Å²) < 4.78 is 1.25. The van der Waals surface area contributed by atoms with Crippen molar-refractivity contribution in [3.8, 4) is 0 Å². The molecule has 0 saturated heterocycles. The zero-order chi connectivity index (χ0) is 12.5. The number of fused-ring (bicyclic) bond motifs is 1. The third kappa shape index (κ3) is 2.23. The molecule has 92 valence electrons. The predicted octanol–water partition coefficient (Wildman–Crippen LogP) is 4.14. The Kier molecular flexibility index (Phi) is 3.23. The molecule has 3 rings (SSSR count). The highest BCUT2D eigenvalue weighted by molar-refractivity contribution is 9.10. The number of hydrogen-bond acceptors (Lipinski definition) is 1. The lowest BCUT2D eigenvalue weighted by atomic mass is 9.91. The topological polar surface area (TPSA) is 12.0 Å². The van der Waals surface area contributed by atoms with Crippen molar-refractivity contribution in [1.29, 1.82) is 0 Å². The van der Waals surface area contributed by atoms with Crippen LogP contribution in [-0.4, -0.2) is 0 Å². The Morgan fingerprint density at radius 3 is 2.72 bits per heavy atom. The SMILES string of the molecule is Cc1cc(Br)c2c(c1)CNC(c1ccccc1)C2. The number of halogens is 1. The zero-order valence-corrected chi connectivity index (χ0v) is 12.0. The Hall–Kier alpha value is -1.12. The van der Waals surface area contributed by atoms with Gasteiger partial charge in [-0.1, -0.05) is 52.3 Å². The molecule has 1 aliphatic heterocycles. The van der Waals surface area contributed by atoms with Crippen LogP contribution in [0.25, 0.3) is 0 Å². The first kappa shape index (κ1) is 11.9. The van der Waals surface area contributed by atoms with Crippen molar-refractivity contribution in [1.82, 2.24) is 5.32 Å². The second kappa shape index (κ2) is 4.87. The Labute approximate surface area is 116 Å². The van der Waals surface area contributed by atoms with Gasteiger partial charge in [0.2, 0.25) is 0 Å². The van der Waals surface area contributed by atoms with Gasteiger partial charge >= 0.3 is 0 Å². The second-order valence-electron chi connectivity index (χ2n) is 4.93. The molecule has 1 unspecified atom stereocenters. The molecule has 2 aromatic carbocycles. The monoisotopic (exact) mass is 301 g/mol. The van der Waals surface area contributed by atoms with E-state index >= 15 is 0 Å². The van der Waals surface area contributed by atoms with Gasteiger partial charge in [0.1, 0.15) is 0 Å². The summed E-state index contributed by atoms with van der Waals surface area (Å²) in [6, 6.07) is 15.6. The highest BCUT2D eigenvalue weighted by Gasteiger charge is 2.21. The van der Waals surface area contributed by atoms with Gasteiger partial charge in [-0.05, 0) is 41.7 Å². The van der Waals surface area contributed by atoms with Crippen LogP contribution in [0.5, 0.6) is 0 Å². The van der Waals surface area contributed by atoms with Gasteiger partial charge in [-0.2, -0.15) is 0 Å². The Bertz CT molecular complexity index is 563. The highest BCUT2D eigenvalue weighted by atomic mass is 79.9. The number of aryl methyl sites for hydroxylation is 1. The van der Waals surface area contributed by atoms with Gasteiger partial charge < -0.3 is 5.32 Å². The maximum absolute atomic E-state index is 3.71. The van der Waals surface area contributed by atoms with Crippen LogP contribution in [0.1, 0.15) is 28.3 Å². The van der Waals surface area contributed by atoms with Crippen molar-refractivity contribution < 1.29 is 0 Å². The van der Waals surface area contributed by atoms with Crippen LogP contribution in [-0.2, 0) is 13.0 Å². The first-order valence-electron chi connectivity index (χ1n) is 6.30. The summed E-state index contributed by atoms with van der Waals surface area (Å²) >= 11 is 3.71. The lowest BCUT2D eigenvalue weighted by Gasteiger charge is -2.27. The molecule has 1 aliphatic rings. The number of rotatable bonds is 1. The minimum atomic E-state index is 0.428. The van der Waals surface area contributed by atoms with Crippen molar-refractivity contribution in [2.45, 2.75) is 25.9 Å². The molecule has 1 N–H and O–H groups in total. The lowest BCUT2D eigenvalue weighted by molar-refractivity contribution is 0.497. The molecule has 0 bridgehead atoms. The molecule has 0 aliphatic carbocycles. The van der Waals surface area contributed by atoms with Crippen molar-refractivity contribution in [3.63, 3.8) is 0 Å². The molecule has 0 amide bonds. The molecule has 0 fully saturated rings. The first-order chi connectivity index (χ1) is 8.74. The van der Waals surface area contributed by atoms with Gasteiger partial charge in [0.25, 0.3) is 0 Å². The van der Waals surface area contributed by atoms with Crippen molar-refractivity contribution in [2.75, 3.05) is 0 Å². The third-order valence-electron chi connectivity index (χ3n) is 3.58. The standard InChI is InChI=1S/C16H16BrN/c1-11-7-13-10-18-16(9-14(13)15(17)8-11)12-5-3-2-4-6-12/h2-8,16,18H,9-10H2,1H3. The fourth-order valence-electron chi connectivity index (χ4n) is 2.66. The number of nitrogens with one attached hydrogen (secondary N) is 1. The van der Waals surface area contributed by atoms with E-state index in [0.29, 0.717) is 6.04 Å². The van der Waals surface area contributed by atoms with Crippen LogP contribution < -0.4 is 5.32 Å². The van der Waals surface area contributed by atoms with E-state index in [-0.39, 0.29) is 0 Å². The van der Waals surface area contributed by atoms with E-state index in [1.165, 1.54) is 26.7 Å². The minimum Gasteiger partial charge on any atom is -0.306 e. The maximum atomic E-state index is 3.71. The predicted molar refractivity (Wildman–Crippen MR) is 78.6 cm³/mol. The fourth-order valence-corrected chi connectivity index (χ4v) is 3.44. The highest BCUT2D eigenvalue weighted by Crippen LogP contribution is 2.31. The first-order valence-corrected chi connectivity index (χ1v) is 7.09. The van der Waals surface area contributed by atoms with Gasteiger partial charge in [-0.3, -0.25) is 0 Å². The van der Waals surface area contributed by atoms with E-state index in [2.05, 4.69) is 70.6 Å². The van der Waals surface area contributed by atoms with Crippen molar-refractivity contribution in [2.24, 2.45) is 0 Å². The van der Waals surface area contributed by atoms with Gasteiger partial charge in [-0.25, -0.2) is 0 Å². The van der Waals surface area contributed by atoms with Gasteiger partial charge in [0.15, 0.2) is 0 Å². The molecular formula is C16H16BrN. The van der Waals surface area contributed by atoms with E-state index in [1.807, 2.05) is 0 Å². The molecule has 1 nitrogen and oxygen atoms in total. The van der Waals surface area contributed by atoms with Gasteiger partial charge in [-0.15, -0.1) is 0 Å². The molecule has 0 radical (unpaired) electrons. The number of benzene rings is 2. The van der Waals surface area contributed by atoms with Crippen LogP contribution in [0.15, 0.2) is 46.9 Å². The Morgan fingerprint density at radius 2 is 1.94 bits per heavy atom. The third-order valence-corrected chi connectivity index (χ3v) is 4.29. The van der Waals surface area contributed by atoms with Crippen LogP contribution in [0.3, 0.4) is 0 Å². The summed E-state index contributed by atoms with van der Waals surface area (Å²) in [6.45, 7) is 3.10. The average Bonchev–Trinajstić information content (AvgIpc) is 2.39. The van der Waals surface area contributed by atoms with Crippen LogP contribution in [0, 0.1) is 6.92 Å². The van der Waals surface area contributed by atoms with Gasteiger partial charge in [0, 0.05) is 17.1 Å². The van der Waals surface area contributed by atoms with E-state index in [1.54, 1.807) is 0 Å². The summed E-state index contributed by atoms with van der Waals surface area (Å²) in [6.07, 6.45) is 1.06. The maximum Gasteiger partial charge on any atom is 0.0364 e. The van der Waals surface area contributed by atoms with Crippen molar-refractivity contribution in [3.05, 3.63) is 69.2 Å². The Balaban J connectivity index is 1.94. The Morgan fingerprint density at radius 1 is 1.17 bits per heavy atom. The molecule has 18 heavy (non-hydrogen) atoms. The molecule has 0 saturated carbocycles.